The van der Waals surface area contributed by atoms with E-state index in [9.17, 15) is 0 Å². The van der Waals surface area contributed by atoms with Crippen molar-refractivity contribution < 1.29 is 32.7 Å². The van der Waals surface area contributed by atoms with Crippen molar-refractivity contribution in [1.29, 1.82) is 0 Å². The standard InChI is InChI=1S/C11H8N2.Y/c1-9-5-4-7-11(13-9)10-6-2-3-8-12-10;/h2-5,8H,1H3;/q-2;. The average molecular weight is 257 g/mol. The molecule has 0 aliphatic carbocycles. The summed E-state index contributed by atoms with van der Waals surface area (Å²) in [5.41, 5.74) is 2.46. The molecule has 0 saturated heterocycles. The SMILES string of the molecule is Cc1cc[c-]c(-c2[c-]cccn2)n1.[Y]. The topological polar surface area (TPSA) is 25.8 Å². The summed E-state index contributed by atoms with van der Waals surface area (Å²) in [4.78, 5) is 8.43. The summed E-state index contributed by atoms with van der Waals surface area (Å²) < 4.78 is 0. The molecule has 0 aromatic carbocycles. The van der Waals surface area contributed by atoms with E-state index in [1.165, 1.54) is 0 Å². The first kappa shape index (κ1) is 11.5. The van der Waals surface area contributed by atoms with Gasteiger partial charge in [0.25, 0.3) is 0 Å². The maximum atomic E-state index is 4.29. The van der Waals surface area contributed by atoms with Gasteiger partial charge < -0.3 is 9.97 Å². The second-order valence-corrected chi connectivity index (χ2v) is 2.71. The van der Waals surface area contributed by atoms with Crippen molar-refractivity contribution >= 4 is 0 Å². The maximum Gasteiger partial charge on any atom is 0 e. The number of pyridine rings is 2. The molecule has 0 atom stereocenters. The van der Waals surface area contributed by atoms with E-state index in [0.717, 1.165) is 17.1 Å². The van der Waals surface area contributed by atoms with E-state index in [1.54, 1.807) is 6.20 Å². The summed E-state index contributed by atoms with van der Waals surface area (Å²) in [5.74, 6) is 0. The van der Waals surface area contributed by atoms with Crippen molar-refractivity contribution in [3.05, 3.63) is 48.3 Å². The normalized spacial score (nSPS) is 9.21. The molecule has 0 spiro atoms. The minimum absolute atomic E-state index is 0. The molecule has 1 radical (unpaired) electrons. The molecular weight excluding hydrogens is 249 g/mol. The fourth-order valence-electron chi connectivity index (χ4n) is 1.06. The Hall–Kier alpha value is -0.596. The Morgan fingerprint density at radius 1 is 1.14 bits per heavy atom. The van der Waals surface area contributed by atoms with Crippen LogP contribution in [-0.4, -0.2) is 9.97 Å². The van der Waals surface area contributed by atoms with Crippen LogP contribution in [0.3, 0.4) is 0 Å². The predicted molar refractivity (Wildman–Crippen MR) is 49.9 cm³/mol. The fourth-order valence-corrected chi connectivity index (χ4v) is 1.06. The summed E-state index contributed by atoms with van der Waals surface area (Å²) in [6, 6.07) is 13.4. The summed E-state index contributed by atoms with van der Waals surface area (Å²) in [6.07, 6.45) is 1.73. The molecule has 2 rings (SSSR count). The first-order chi connectivity index (χ1) is 6.36. The molecule has 2 aromatic rings. The molecule has 0 aliphatic rings. The molecular formula is C11H8N2Y-2. The molecule has 0 fully saturated rings. The van der Waals surface area contributed by atoms with Crippen LogP contribution >= 0.6 is 0 Å². The van der Waals surface area contributed by atoms with Crippen LogP contribution in [0.25, 0.3) is 11.4 Å². The first-order valence-electron chi connectivity index (χ1n) is 4.05. The number of hydrogen-bond donors (Lipinski definition) is 0. The van der Waals surface area contributed by atoms with E-state index in [4.69, 9.17) is 0 Å². The molecule has 0 amide bonds. The van der Waals surface area contributed by atoms with E-state index in [0.29, 0.717) is 0 Å². The third kappa shape index (κ3) is 2.69. The van der Waals surface area contributed by atoms with Gasteiger partial charge in [0.1, 0.15) is 0 Å². The molecule has 0 bridgehead atoms. The van der Waals surface area contributed by atoms with Crippen LogP contribution in [0.2, 0.25) is 0 Å². The minimum atomic E-state index is 0. The van der Waals surface area contributed by atoms with Gasteiger partial charge in [0.2, 0.25) is 0 Å². The Bertz CT molecular complexity index is 401. The van der Waals surface area contributed by atoms with E-state index >= 15 is 0 Å². The van der Waals surface area contributed by atoms with E-state index in [2.05, 4.69) is 22.1 Å². The van der Waals surface area contributed by atoms with Crippen LogP contribution in [0, 0.1) is 19.1 Å². The van der Waals surface area contributed by atoms with Crippen LogP contribution in [0.4, 0.5) is 0 Å². The van der Waals surface area contributed by atoms with Gasteiger partial charge in [-0.15, -0.1) is 23.5 Å². The van der Waals surface area contributed by atoms with Gasteiger partial charge in [-0.2, -0.15) is 12.1 Å². The van der Waals surface area contributed by atoms with Crippen LogP contribution in [0.15, 0.2) is 30.5 Å². The average Bonchev–Trinajstić information content (AvgIpc) is 2.19. The van der Waals surface area contributed by atoms with Crippen molar-refractivity contribution in [3.8, 4) is 11.4 Å². The van der Waals surface area contributed by atoms with Crippen LogP contribution < -0.4 is 0 Å². The van der Waals surface area contributed by atoms with Crippen molar-refractivity contribution in [1.82, 2.24) is 9.97 Å². The Morgan fingerprint density at radius 2 is 1.93 bits per heavy atom. The second kappa shape index (κ2) is 5.33. The third-order valence-corrected chi connectivity index (χ3v) is 1.66. The maximum absolute atomic E-state index is 4.29. The van der Waals surface area contributed by atoms with E-state index < -0.39 is 0 Å². The zero-order valence-corrected chi connectivity index (χ0v) is 10.7. The molecule has 2 aromatic heterocycles. The quantitative estimate of drug-likeness (QED) is 0.731. The van der Waals surface area contributed by atoms with Crippen LogP contribution in [-0.2, 0) is 32.7 Å². The molecule has 2 heterocycles. The van der Waals surface area contributed by atoms with Gasteiger partial charge in [0.15, 0.2) is 0 Å². The molecule has 0 unspecified atom stereocenters. The largest absolute Gasteiger partial charge is 0.357 e. The van der Waals surface area contributed by atoms with Gasteiger partial charge >= 0.3 is 0 Å². The fraction of sp³-hybridized carbons (Fsp3) is 0.0909. The monoisotopic (exact) mass is 257 g/mol. The molecule has 0 saturated carbocycles. The number of aryl methyl sites for hydroxylation is 1. The summed E-state index contributed by atoms with van der Waals surface area (Å²) in [7, 11) is 0. The molecule has 14 heavy (non-hydrogen) atoms. The zero-order chi connectivity index (χ0) is 9.10. The summed E-state index contributed by atoms with van der Waals surface area (Å²) >= 11 is 0. The Balaban J connectivity index is 0.000000980. The Kier molecular flexibility index (Phi) is 4.37. The third-order valence-electron chi connectivity index (χ3n) is 1.66. The molecule has 3 heteroatoms. The van der Waals surface area contributed by atoms with Gasteiger partial charge in [-0.3, -0.25) is 0 Å². The number of rotatable bonds is 1. The van der Waals surface area contributed by atoms with Gasteiger partial charge in [-0.1, -0.05) is 0 Å². The first-order valence-corrected chi connectivity index (χ1v) is 4.05. The second-order valence-electron chi connectivity index (χ2n) is 2.71. The van der Waals surface area contributed by atoms with E-state index in [-0.39, 0.29) is 32.7 Å². The minimum Gasteiger partial charge on any atom is -0.357 e. The number of hydrogen-bond acceptors (Lipinski definition) is 2. The van der Waals surface area contributed by atoms with Gasteiger partial charge in [0, 0.05) is 32.7 Å². The smallest absolute Gasteiger partial charge is 0 e. The molecule has 0 aliphatic heterocycles. The molecule has 2 nitrogen and oxygen atoms in total. The van der Waals surface area contributed by atoms with Crippen molar-refractivity contribution in [3.63, 3.8) is 0 Å². The van der Waals surface area contributed by atoms with Crippen molar-refractivity contribution in [2.24, 2.45) is 0 Å². The van der Waals surface area contributed by atoms with Gasteiger partial charge in [-0.25, -0.2) is 12.1 Å². The van der Waals surface area contributed by atoms with Crippen molar-refractivity contribution in [2.75, 3.05) is 0 Å². The predicted octanol–water partition coefficient (Wildman–Crippen LogP) is 2.05. The van der Waals surface area contributed by atoms with Gasteiger partial charge in [-0.05, 0) is 18.8 Å². The van der Waals surface area contributed by atoms with E-state index in [1.807, 2.05) is 31.2 Å². The van der Waals surface area contributed by atoms with Crippen LogP contribution in [0.1, 0.15) is 5.69 Å². The number of aromatic nitrogens is 2. The molecule has 67 valence electrons. The Labute approximate surface area is 109 Å². The Morgan fingerprint density at radius 3 is 2.57 bits per heavy atom. The van der Waals surface area contributed by atoms with Crippen molar-refractivity contribution in [2.45, 2.75) is 6.92 Å². The number of nitrogens with zero attached hydrogens (tertiary/aromatic N) is 2. The molecule has 0 N–H and O–H groups in total. The summed E-state index contributed by atoms with van der Waals surface area (Å²) in [6.45, 7) is 1.94. The summed E-state index contributed by atoms with van der Waals surface area (Å²) in [5, 5.41) is 0. The van der Waals surface area contributed by atoms with Gasteiger partial charge in [0.05, 0.1) is 0 Å². The zero-order valence-electron chi connectivity index (χ0n) is 7.86. The van der Waals surface area contributed by atoms with Crippen LogP contribution in [0.5, 0.6) is 0 Å².